The number of likely N-dealkylation sites (tertiary alicyclic amines) is 1. The number of carbonyl (C=O) groups excluding carboxylic acids is 2. The van der Waals surface area contributed by atoms with Gasteiger partial charge in [0.15, 0.2) is 18.2 Å². The van der Waals surface area contributed by atoms with Crippen LogP contribution in [0.5, 0.6) is 0 Å². The quantitative estimate of drug-likeness (QED) is 0.486. The third-order valence-corrected chi connectivity index (χ3v) is 6.88. The van der Waals surface area contributed by atoms with Crippen LogP contribution in [0.3, 0.4) is 0 Å². The molecule has 1 aliphatic heterocycles. The zero-order valence-electron chi connectivity index (χ0n) is 19.0. The van der Waals surface area contributed by atoms with Gasteiger partial charge in [0.05, 0.1) is 13.6 Å². The van der Waals surface area contributed by atoms with E-state index in [1.54, 1.807) is 12.1 Å². The molecule has 2 fully saturated rings. The number of piperidine rings is 1. The molecule has 1 aromatic heterocycles. The molecule has 2 aliphatic rings. The number of carbonyl (C=O) groups is 2. The number of hydrogen-bond donors (Lipinski definition) is 2. The minimum atomic E-state index is -1.64. The number of likely N-dealkylation sites (N-methyl/N-ethyl adjacent to an activating group) is 1. The minimum Gasteiger partial charge on any atom is -0.454 e. The maximum Gasteiger partial charge on any atom is 0.343 e. The third-order valence-electron chi connectivity index (χ3n) is 6.88. The average molecular weight is 455 g/mol. The first-order valence-electron chi connectivity index (χ1n) is 11.6. The lowest BCUT2D eigenvalue weighted by Crippen LogP contribution is -2.57. The summed E-state index contributed by atoms with van der Waals surface area (Å²) in [6.45, 7) is 1.52. The first-order chi connectivity index (χ1) is 15.9. The molecular weight excluding hydrogens is 422 g/mol. The van der Waals surface area contributed by atoms with Crippen LogP contribution in [0.1, 0.15) is 44.1 Å². The number of nitrogens with one attached hydrogen (secondary N) is 1. The Bertz CT molecular complexity index is 954. The molecule has 2 aromatic rings. The van der Waals surface area contributed by atoms with Crippen LogP contribution in [-0.2, 0) is 19.9 Å². The van der Waals surface area contributed by atoms with Crippen molar-refractivity contribution in [2.24, 2.45) is 5.92 Å². The predicted molar refractivity (Wildman–Crippen MR) is 121 cm³/mol. The number of nitrogens with zero attached hydrogens (tertiary/aromatic N) is 4. The van der Waals surface area contributed by atoms with Crippen molar-refractivity contribution in [3.8, 4) is 0 Å². The van der Waals surface area contributed by atoms with Crippen LogP contribution >= 0.6 is 0 Å². The van der Waals surface area contributed by atoms with E-state index in [0.717, 1.165) is 38.6 Å². The van der Waals surface area contributed by atoms with E-state index in [0.29, 0.717) is 23.0 Å². The number of hydrogen-bond acceptors (Lipinski definition) is 7. The fourth-order valence-electron chi connectivity index (χ4n) is 5.23. The SMILES string of the molecule is C[N+]1(CC(=O)Nc2ncncn2)CCCC(OC(=O)C(O)(c2ccccc2)C2CCCC2)C1. The monoisotopic (exact) mass is 454 g/mol. The van der Waals surface area contributed by atoms with Gasteiger partial charge in [0.25, 0.3) is 5.91 Å². The van der Waals surface area contributed by atoms with Crippen molar-refractivity contribution in [2.45, 2.75) is 50.2 Å². The topological polar surface area (TPSA) is 114 Å². The Morgan fingerprint density at radius 2 is 1.82 bits per heavy atom. The smallest absolute Gasteiger partial charge is 0.343 e. The van der Waals surface area contributed by atoms with Crippen LogP contribution < -0.4 is 5.32 Å². The molecule has 2 N–H and O–H groups in total. The fourth-order valence-corrected chi connectivity index (χ4v) is 5.23. The van der Waals surface area contributed by atoms with E-state index in [2.05, 4.69) is 20.3 Å². The second-order valence-electron chi connectivity index (χ2n) is 9.48. The molecule has 1 aromatic carbocycles. The lowest BCUT2D eigenvalue weighted by atomic mass is 9.80. The van der Waals surface area contributed by atoms with E-state index in [9.17, 15) is 14.7 Å². The standard InChI is InChI=1S/C24H31N5O4/c1-29(15-21(30)28-23-26-16-25-17-27-23)13-7-12-20(14-29)33-22(31)24(32,19-10-5-6-11-19)18-8-3-2-4-9-18/h2-4,8-9,16-17,19-20,32H,5-7,10-15H2,1H3/p+1. The van der Waals surface area contributed by atoms with Gasteiger partial charge >= 0.3 is 5.97 Å². The van der Waals surface area contributed by atoms with Crippen molar-refractivity contribution in [3.05, 3.63) is 48.5 Å². The molecule has 2 heterocycles. The summed E-state index contributed by atoms with van der Waals surface area (Å²) >= 11 is 0. The van der Waals surface area contributed by atoms with Gasteiger partial charge in [0.2, 0.25) is 5.95 Å². The van der Waals surface area contributed by atoms with Crippen LogP contribution in [0.2, 0.25) is 0 Å². The molecule has 3 unspecified atom stereocenters. The Morgan fingerprint density at radius 3 is 2.52 bits per heavy atom. The summed E-state index contributed by atoms with van der Waals surface area (Å²) in [4.78, 5) is 37.6. The first kappa shape index (κ1) is 23.3. The lowest BCUT2D eigenvalue weighted by Gasteiger charge is -2.41. The Kier molecular flexibility index (Phi) is 6.99. The summed E-state index contributed by atoms with van der Waals surface area (Å²) in [6, 6.07) is 9.14. The number of esters is 1. The molecule has 33 heavy (non-hydrogen) atoms. The van der Waals surface area contributed by atoms with Crippen molar-refractivity contribution >= 4 is 17.8 Å². The lowest BCUT2D eigenvalue weighted by molar-refractivity contribution is -0.909. The fraction of sp³-hybridized carbons (Fsp3) is 0.542. The summed E-state index contributed by atoms with van der Waals surface area (Å²) in [7, 11) is 1.98. The molecule has 176 valence electrons. The van der Waals surface area contributed by atoms with Crippen molar-refractivity contribution in [1.29, 1.82) is 0 Å². The Labute approximate surface area is 193 Å². The van der Waals surface area contributed by atoms with Gasteiger partial charge in [-0.15, -0.1) is 0 Å². The zero-order chi connectivity index (χ0) is 23.3. The third kappa shape index (κ3) is 5.36. The number of rotatable bonds is 7. The summed E-state index contributed by atoms with van der Waals surface area (Å²) in [6.07, 6.45) is 7.43. The second-order valence-corrected chi connectivity index (χ2v) is 9.48. The van der Waals surface area contributed by atoms with Gasteiger partial charge in [-0.05, 0) is 24.8 Å². The number of quaternary nitrogens is 1. The largest absolute Gasteiger partial charge is 0.454 e. The van der Waals surface area contributed by atoms with Gasteiger partial charge in [0.1, 0.15) is 19.2 Å². The van der Waals surface area contributed by atoms with Crippen LogP contribution in [0.15, 0.2) is 43.0 Å². The summed E-state index contributed by atoms with van der Waals surface area (Å²) in [5.41, 5.74) is -1.05. The molecular formula is C24H32N5O4+. The second kappa shape index (κ2) is 9.93. The highest BCUT2D eigenvalue weighted by atomic mass is 16.6. The normalized spacial score (nSPS) is 25.2. The maximum absolute atomic E-state index is 13.4. The number of benzene rings is 1. The number of ether oxygens (including phenoxy) is 1. The van der Waals surface area contributed by atoms with E-state index in [-0.39, 0.29) is 30.4 Å². The number of aliphatic hydroxyl groups is 1. The molecule has 1 aliphatic carbocycles. The zero-order valence-corrected chi connectivity index (χ0v) is 19.0. The number of anilines is 1. The summed E-state index contributed by atoms with van der Waals surface area (Å²) in [5.74, 6) is -0.717. The molecule has 0 bridgehead atoms. The highest BCUT2D eigenvalue weighted by Gasteiger charge is 2.49. The van der Waals surface area contributed by atoms with Crippen LogP contribution in [0.4, 0.5) is 5.95 Å². The molecule has 0 spiro atoms. The number of amides is 1. The van der Waals surface area contributed by atoms with Gasteiger partial charge in [-0.25, -0.2) is 19.7 Å². The van der Waals surface area contributed by atoms with Crippen molar-refractivity contribution in [2.75, 3.05) is 32.0 Å². The molecule has 9 nitrogen and oxygen atoms in total. The number of aromatic nitrogens is 3. The molecule has 0 radical (unpaired) electrons. The van der Waals surface area contributed by atoms with Crippen LogP contribution in [-0.4, -0.2) is 69.2 Å². The van der Waals surface area contributed by atoms with Gasteiger partial charge < -0.3 is 14.3 Å². The van der Waals surface area contributed by atoms with Crippen LogP contribution in [0, 0.1) is 5.92 Å². The predicted octanol–water partition coefficient (Wildman–Crippen LogP) is 2.04. The van der Waals surface area contributed by atoms with Crippen molar-refractivity contribution < 1.29 is 23.9 Å². The summed E-state index contributed by atoms with van der Waals surface area (Å²) < 4.78 is 6.38. The van der Waals surface area contributed by atoms with Gasteiger partial charge in [-0.1, -0.05) is 43.2 Å². The molecule has 1 saturated heterocycles. The Balaban J connectivity index is 1.43. The molecule has 1 amide bonds. The van der Waals surface area contributed by atoms with E-state index < -0.39 is 11.6 Å². The molecule has 4 rings (SSSR count). The molecule has 3 atom stereocenters. The first-order valence-corrected chi connectivity index (χ1v) is 11.6. The van der Waals surface area contributed by atoms with Crippen LogP contribution in [0.25, 0.3) is 0 Å². The Hall–Kier alpha value is -2.91. The minimum absolute atomic E-state index is 0.150. The van der Waals surface area contributed by atoms with E-state index in [4.69, 9.17) is 4.74 Å². The molecule has 9 heteroatoms. The maximum atomic E-state index is 13.4. The molecule has 1 saturated carbocycles. The van der Waals surface area contributed by atoms with Gasteiger partial charge in [0, 0.05) is 12.3 Å². The van der Waals surface area contributed by atoms with Gasteiger partial charge in [-0.3, -0.25) is 10.1 Å². The van der Waals surface area contributed by atoms with E-state index in [1.807, 2.05) is 25.2 Å². The van der Waals surface area contributed by atoms with E-state index in [1.165, 1.54) is 12.7 Å². The average Bonchev–Trinajstić information content (AvgIpc) is 3.35. The highest BCUT2D eigenvalue weighted by molar-refractivity contribution is 5.89. The van der Waals surface area contributed by atoms with E-state index >= 15 is 0 Å². The highest BCUT2D eigenvalue weighted by Crippen LogP contribution is 2.42. The summed E-state index contributed by atoms with van der Waals surface area (Å²) in [5, 5.41) is 14.3. The Morgan fingerprint density at radius 1 is 1.12 bits per heavy atom. The van der Waals surface area contributed by atoms with Gasteiger partial charge in [-0.2, -0.15) is 0 Å². The van der Waals surface area contributed by atoms with Crippen molar-refractivity contribution in [3.63, 3.8) is 0 Å². The van der Waals surface area contributed by atoms with Crippen molar-refractivity contribution in [1.82, 2.24) is 15.0 Å².